The van der Waals surface area contributed by atoms with Crippen LogP contribution in [-0.4, -0.2) is 5.84 Å². The van der Waals surface area contributed by atoms with Gasteiger partial charge in [-0.1, -0.05) is 58.2 Å². The number of hydrogen-bond donors (Lipinski definition) is 2. The maximum atomic E-state index is 13.4. The summed E-state index contributed by atoms with van der Waals surface area (Å²) in [7, 11) is 0. The number of hydrogen-bond acceptors (Lipinski definition) is 2. The van der Waals surface area contributed by atoms with Crippen molar-refractivity contribution in [3.63, 3.8) is 0 Å². The quantitative estimate of drug-likeness (QED) is 0.373. The van der Waals surface area contributed by atoms with Gasteiger partial charge < -0.3 is 5.73 Å². The number of nitrogens with zero attached hydrogens (tertiary/aromatic N) is 1. The molecule has 0 radical (unpaired) electrons. The van der Waals surface area contributed by atoms with Gasteiger partial charge in [-0.2, -0.15) is 5.10 Å². The maximum Gasteiger partial charge on any atom is 0.150 e. The number of nitrogens with one attached hydrogen (secondary N) is 1. The molecule has 3 N–H and O–H groups in total. The Labute approximate surface area is 129 Å². The van der Waals surface area contributed by atoms with Gasteiger partial charge in [0.25, 0.3) is 0 Å². The van der Waals surface area contributed by atoms with E-state index in [1.807, 2.05) is 12.1 Å². The highest BCUT2D eigenvalue weighted by Crippen LogP contribution is 2.22. The van der Waals surface area contributed by atoms with E-state index >= 15 is 0 Å². The fourth-order valence-electron chi connectivity index (χ4n) is 1.67. The summed E-state index contributed by atoms with van der Waals surface area (Å²) in [4.78, 5) is 0. The minimum Gasteiger partial charge on any atom is -0.382 e. The topological polar surface area (TPSA) is 50.4 Å². The van der Waals surface area contributed by atoms with Crippen molar-refractivity contribution >= 4 is 5.84 Å². The third-order valence-corrected chi connectivity index (χ3v) is 3.02. The Morgan fingerprint density at radius 3 is 2.18 bits per heavy atom. The molecule has 1 aromatic carbocycles. The molecule has 0 unspecified atom stereocenters. The summed E-state index contributed by atoms with van der Waals surface area (Å²) < 4.78 is 26.5. The van der Waals surface area contributed by atoms with Crippen LogP contribution in [0.2, 0.25) is 0 Å². The molecular weight excluding hydrogens is 284 g/mol. The van der Waals surface area contributed by atoms with Crippen molar-refractivity contribution in [3.05, 3.63) is 72.0 Å². The monoisotopic (exact) mass is 305 g/mol. The van der Waals surface area contributed by atoms with Gasteiger partial charge in [0.15, 0.2) is 11.7 Å². The zero-order valence-corrected chi connectivity index (χ0v) is 13.1. The molecule has 0 aliphatic carbocycles. The summed E-state index contributed by atoms with van der Waals surface area (Å²) in [6, 6.07) is 7.48. The third-order valence-electron chi connectivity index (χ3n) is 3.02. The third kappa shape index (κ3) is 4.55. The molecule has 0 spiro atoms. The van der Waals surface area contributed by atoms with Crippen LogP contribution >= 0.6 is 0 Å². The van der Waals surface area contributed by atoms with Crippen molar-refractivity contribution in [1.82, 2.24) is 5.43 Å². The van der Waals surface area contributed by atoms with Crippen molar-refractivity contribution in [1.29, 1.82) is 0 Å². The fourth-order valence-corrected chi connectivity index (χ4v) is 1.67. The minimum atomic E-state index is -0.989. The number of allylic oxidation sites excluding steroid dienone is 3. The molecule has 0 heterocycles. The largest absolute Gasteiger partial charge is 0.382 e. The smallest absolute Gasteiger partial charge is 0.150 e. The zero-order valence-electron chi connectivity index (χ0n) is 13.1. The van der Waals surface area contributed by atoms with Crippen LogP contribution in [0, 0.1) is 0 Å². The number of amidine groups is 1. The van der Waals surface area contributed by atoms with Crippen LogP contribution in [0.3, 0.4) is 0 Å². The van der Waals surface area contributed by atoms with Gasteiger partial charge in [-0.15, -0.1) is 0 Å². The molecule has 0 saturated heterocycles. The summed E-state index contributed by atoms with van der Waals surface area (Å²) in [5.74, 6) is -1.78. The lowest BCUT2D eigenvalue weighted by Gasteiger charge is -2.19. The second-order valence-electron chi connectivity index (χ2n) is 5.77. The molecule has 0 aliphatic heterocycles. The van der Waals surface area contributed by atoms with Gasteiger partial charge >= 0.3 is 0 Å². The summed E-state index contributed by atoms with van der Waals surface area (Å²) in [6.07, 6.45) is 0.858. The molecule has 0 saturated carbocycles. The number of halogens is 2. The van der Waals surface area contributed by atoms with Gasteiger partial charge in [0.05, 0.1) is 0 Å². The van der Waals surface area contributed by atoms with Crippen molar-refractivity contribution in [3.8, 4) is 0 Å². The zero-order chi connectivity index (χ0) is 16.9. The predicted octanol–water partition coefficient (Wildman–Crippen LogP) is 4.04. The van der Waals surface area contributed by atoms with E-state index in [4.69, 9.17) is 5.73 Å². The molecule has 1 aromatic rings. The Morgan fingerprint density at radius 1 is 1.23 bits per heavy atom. The standard InChI is InChI=1S/C17H21F2N3/c1-6-14(19)15(11(2)18)21-22-16(20)12-7-9-13(10-8-12)17(3,4)5/h6-10,21H,1-2H2,3-5H3,(H2,20,22)/b15-14-. The average Bonchev–Trinajstić information content (AvgIpc) is 2.45. The average molecular weight is 305 g/mol. The summed E-state index contributed by atoms with van der Waals surface area (Å²) in [5, 5.41) is 3.77. The van der Waals surface area contributed by atoms with E-state index in [0.717, 1.165) is 11.6 Å². The highest BCUT2D eigenvalue weighted by molar-refractivity contribution is 5.97. The Bertz CT molecular complexity index is 620. The first-order valence-corrected chi connectivity index (χ1v) is 6.74. The fraction of sp³-hybridized carbons (Fsp3) is 0.235. The van der Waals surface area contributed by atoms with Crippen molar-refractivity contribution < 1.29 is 8.78 Å². The highest BCUT2D eigenvalue weighted by atomic mass is 19.1. The molecule has 0 bridgehead atoms. The summed E-state index contributed by atoms with van der Waals surface area (Å²) in [5.41, 5.74) is 9.36. The van der Waals surface area contributed by atoms with Crippen molar-refractivity contribution in [2.24, 2.45) is 10.8 Å². The van der Waals surface area contributed by atoms with Gasteiger partial charge in [0.1, 0.15) is 11.5 Å². The van der Waals surface area contributed by atoms with Gasteiger partial charge in [-0.05, 0) is 17.1 Å². The first-order chi connectivity index (χ1) is 10.2. The van der Waals surface area contributed by atoms with Crippen LogP contribution in [0.15, 0.2) is 66.0 Å². The van der Waals surface area contributed by atoms with E-state index in [1.54, 1.807) is 12.1 Å². The van der Waals surface area contributed by atoms with E-state index in [-0.39, 0.29) is 11.3 Å². The van der Waals surface area contributed by atoms with E-state index < -0.39 is 17.4 Å². The molecule has 22 heavy (non-hydrogen) atoms. The lowest BCUT2D eigenvalue weighted by molar-refractivity contribution is 0.584. The van der Waals surface area contributed by atoms with Crippen LogP contribution in [0.25, 0.3) is 0 Å². The predicted molar refractivity (Wildman–Crippen MR) is 87.6 cm³/mol. The lowest BCUT2D eigenvalue weighted by Crippen LogP contribution is -2.20. The van der Waals surface area contributed by atoms with Crippen LogP contribution in [0.4, 0.5) is 8.78 Å². The SMILES string of the molecule is C=C/C(F)=C(/N/N=C(\N)c1ccc(C(C)(C)C)cc1)C(=C)F. The molecule has 0 aliphatic rings. The number of rotatable bonds is 5. The normalized spacial score (nSPS) is 13.4. The van der Waals surface area contributed by atoms with Gasteiger partial charge in [-0.25, -0.2) is 8.78 Å². The van der Waals surface area contributed by atoms with E-state index in [1.165, 1.54) is 0 Å². The van der Waals surface area contributed by atoms with Crippen LogP contribution in [0.1, 0.15) is 31.9 Å². The second-order valence-corrected chi connectivity index (χ2v) is 5.77. The molecule has 1 rings (SSSR count). The van der Waals surface area contributed by atoms with Crippen LogP contribution in [-0.2, 0) is 5.41 Å². The minimum absolute atomic E-state index is 0.0254. The summed E-state index contributed by atoms with van der Waals surface area (Å²) >= 11 is 0. The van der Waals surface area contributed by atoms with Crippen LogP contribution < -0.4 is 11.2 Å². The molecule has 118 valence electrons. The van der Waals surface area contributed by atoms with Crippen molar-refractivity contribution in [2.75, 3.05) is 0 Å². The van der Waals surface area contributed by atoms with E-state index in [0.29, 0.717) is 5.56 Å². The van der Waals surface area contributed by atoms with Gasteiger partial charge in [0, 0.05) is 5.56 Å². The molecule has 0 aromatic heterocycles. The van der Waals surface area contributed by atoms with Crippen LogP contribution in [0.5, 0.6) is 0 Å². The molecular formula is C17H21F2N3. The number of hydrazone groups is 1. The maximum absolute atomic E-state index is 13.4. The van der Waals surface area contributed by atoms with Gasteiger partial charge in [-0.3, -0.25) is 5.43 Å². The number of benzene rings is 1. The molecule has 5 heteroatoms. The molecule has 0 amide bonds. The highest BCUT2D eigenvalue weighted by Gasteiger charge is 2.13. The Hall–Kier alpha value is -2.43. The number of nitrogens with two attached hydrogens (primary N) is 1. The molecule has 3 nitrogen and oxygen atoms in total. The lowest BCUT2D eigenvalue weighted by atomic mass is 9.87. The Kier molecular flexibility index (Phi) is 5.63. The van der Waals surface area contributed by atoms with E-state index in [2.05, 4.69) is 44.5 Å². The Morgan fingerprint density at radius 2 is 1.77 bits per heavy atom. The summed E-state index contributed by atoms with van der Waals surface area (Å²) in [6.45, 7) is 12.6. The van der Waals surface area contributed by atoms with Crippen molar-refractivity contribution in [2.45, 2.75) is 26.2 Å². The first kappa shape index (κ1) is 17.6. The van der Waals surface area contributed by atoms with Gasteiger partial charge in [0.2, 0.25) is 0 Å². The first-order valence-electron chi connectivity index (χ1n) is 6.74. The van der Waals surface area contributed by atoms with E-state index in [9.17, 15) is 8.78 Å². The Balaban J connectivity index is 2.98. The molecule has 0 atom stereocenters. The molecule has 0 fully saturated rings. The second kappa shape index (κ2) is 7.02.